The molecule has 0 aliphatic rings. The standard InChI is InChI=1S/C45H25F3N4/c46-45(47,48)32-17-20-34(31(24-32)27-50)38-23-28(26-49)13-21-43(38)52-42-12-6-3-9-37(42)39-25-30(16-22-44(39)52)29-14-18-33(19-15-29)51-40-10-4-1-7-35(40)36-8-2-5-11-41(36)51/h1-25H. The molecule has 0 aliphatic heterocycles. The van der Waals surface area contributed by atoms with Crippen LogP contribution in [0, 0.1) is 22.7 Å². The third-order valence-electron chi connectivity index (χ3n) is 9.84. The van der Waals surface area contributed by atoms with E-state index in [9.17, 15) is 23.7 Å². The van der Waals surface area contributed by atoms with Crippen molar-refractivity contribution in [3.63, 3.8) is 0 Å². The van der Waals surface area contributed by atoms with Crippen molar-refractivity contribution in [1.82, 2.24) is 9.13 Å². The van der Waals surface area contributed by atoms with Crippen LogP contribution in [0.5, 0.6) is 0 Å². The molecule has 0 atom stereocenters. The van der Waals surface area contributed by atoms with Gasteiger partial charge in [-0.2, -0.15) is 23.7 Å². The molecule has 52 heavy (non-hydrogen) atoms. The number of rotatable bonds is 4. The highest BCUT2D eigenvalue weighted by molar-refractivity contribution is 6.11. The van der Waals surface area contributed by atoms with E-state index in [0.29, 0.717) is 22.4 Å². The molecule has 7 heteroatoms. The lowest BCUT2D eigenvalue weighted by atomic mass is 9.95. The summed E-state index contributed by atoms with van der Waals surface area (Å²) in [6.07, 6.45) is -4.60. The van der Waals surface area contributed by atoms with E-state index >= 15 is 0 Å². The summed E-state index contributed by atoms with van der Waals surface area (Å²) < 4.78 is 45.1. The van der Waals surface area contributed by atoms with E-state index in [-0.39, 0.29) is 5.56 Å². The van der Waals surface area contributed by atoms with E-state index in [1.807, 2.05) is 36.4 Å². The number of nitriles is 2. The highest BCUT2D eigenvalue weighted by atomic mass is 19.4. The molecule has 0 aliphatic carbocycles. The van der Waals surface area contributed by atoms with Crippen LogP contribution >= 0.6 is 0 Å². The highest BCUT2D eigenvalue weighted by Gasteiger charge is 2.31. The van der Waals surface area contributed by atoms with Gasteiger partial charge in [0.25, 0.3) is 0 Å². The highest BCUT2D eigenvalue weighted by Crippen LogP contribution is 2.41. The van der Waals surface area contributed by atoms with Crippen LogP contribution < -0.4 is 0 Å². The molecule has 0 fully saturated rings. The van der Waals surface area contributed by atoms with Gasteiger partial charge in [0.1, 0.15) is 0 Å². The molecule has 0 saturated heterocycles. The Kier molecular flexibility index (Phi) is 7.00. The molecular formula is C45H25F3N4. The van der Waals surface area contributed by atoms with E-state index < -0.39 is 11.7 Å². The monoisotopic (exact) mass is 678 g/mol. The maximum Gasteiger partial charge on any atom is 0.416 e. The van der Waals surface area contributed by atoms with Crippen LogP contribution in [0.4, 0.5) is 13.2 Å². The fourth-order valence-electron chi connectivity index (χ4n) is 7.48. The van der Waals surface area contributed by atoms with Crippen LogP contribution in [0.15, 0.2) is 152 Å². The topological polar surface area (TPSA) is 57.4 Å². The summed E-state index contributed by atoms with van der Waals surface area (Å²) in [6, 6.07) is 52.0. The van der Waals surface area contributed by atoms with Crippen molar-refractivity contribution < 1.29 is 13.2 Å². The van der Waals surface area contributed by atoms with Gasteiger partial charge in [0.2, 0.25) is 0 Å². The van der Waals surface area contributed by atoms with E-state index in [2.05, 4.69) is 100 Å². The van der Waals surface area contributed by atoms with Crippen LogP contribution in [0.3, 0.4) is 0 Å². The summed E-state index contributed by atoms with van der Waals surface area (Å²) in [6.45, 7) is 0. The lowest BCUT2D eigenvalue weighted by molar-refractivity contribution is -0.137. The summed E-state index contributed by atoms with van der Waals surface area (Å²) in [5, 5.41) is 24.1. The Morgan fingerprint density at radius 3 is 1.65 bits per heavy atom. The van der Waals surface area contributed by atoms with Crippen molar-refractivity contribution >= 4 is 43.6 Å². The minimum absolute atomic E-state index is 0.126. The van der Waals surface area contributed by atoms with E-state index in [1.54, 1.807) is 18.2 Å². The van der Waals surface area contributed by atoms with Gasteiger partial charge >= 0.3 is 6.18 Å². The first-order valence-electron chi connectivity index (χ1n) is 16.6. The Labute approximate surface area is 296 Å². The van der Waals surface area contributed by atoms with Gasteiger partial charge in [-0.3, -0.25) is 0 Å². The Morgan fingerprint density at radius 2 is 1.04 bits per heavy atom. The van der Waals surface area contributed by atoms with Crippen LogP contribution in [0.1, 0.15) is 16.7 Å². The van der Waals surface area contributed by atoms with Crippen LogP contribution in [-0.2, 0) is 6.18 Å². The first-order chi connectivity index (χ1) is 25.3. The first-order valence-corrected chi connectivity index (χ1v) is 16.6. The fourth-order valence-corrected chi connectivity index (χ4v) is 7.48. The quantitative estimate of drug-likeness (QED) is 0.186. The molecule has 2 heterocycles. The number of alkyl halides is 3. The summed E-state index contributed by atoms with van der Waals surface area (Å²) in [5.74, 6) is 0. The number of benzene rings is 7. The number of para-hydroxylation sites is 3. The normalized spacial score (nSPS) is 11.7. The second kappa shape index (κ2) is 11.8. The van der Waals surface area contributed by atoms with Gasteiger partial charge in [-0.25, -0.2) is 0 Å². The maximum atomic E-state index is 13.6. The molecule has 9 aromatic rings. The van der Waals surface area contributed by atoms with Gasteiger partial charge in [-0.05, 0) is 83.9 Å². The molecule has 0 N–H and O–H groups in total. The van der Waals surface area contributed by atoms with Gasteiger partial charge in [-0.1, -0.05) is 78.9 Å². The molecule has 246 valence electrons. The van der Waals surface area contributed by atoms with E-state index in [0.717, 1.165) is 61.8 Å². The Morgan fingerprint density at radius 1 is 0.462 bits per heavy atom. The van der Waals surface area contributed by atoms with Crippen LogP contribution in [0.25, 0.3) is 77.2 Å². The Bertz CT molecular complexity index is 2920. The third-order valence-corrected chi connectivity index (χ3v) is 9.84. The molecule has 7 aromatic carbocycles. The lowest BCUT2D eigenvalue weighted by Crippen LogP contribution is -2.06. The van der Waals surface area contributed by atoms with Gasteiger partial charge in [0.15, 0.2) is 0 Å². The molecule has 2 aromatic heterocycles. The number of aromatic nitrogens is 2. The molecule has 0 unspecified atom stereocenters. The van der Waals surface area contributed by atoms with Gasteiger partial charge in [0, 0.05) is 38.4 Å². The summed E-state index contributed by atoms with van der Waals surface area (Å²) in [4.78, 5) is 0. The number of halogens is 3. The SMILES string of the molecule is N#Cc1ccc(-n2c3ccccc3c3cc(-c4ccc(-n5c6ccccc6c6ccccc65)cc4)ccc32)c(-c2ccc(C(F)(F)F)cc2C#N)c1. The van der Waals surface area contributed by atoms with Gasteiger partial charge in [-0.15, -0.1) is 0 Å². The lowest BCUT2D eigenvalue weighted by Gasteiger charge is -2.16. The molecule has 9 rings (SSSR count). The zero-order valence-electron chi connectivity index (χ0n) is 27.4. The second-order valence-corrected chi connectivity index (χ2v) is 12.7. The van der Waals surface area contributed by atoms with Crippen LogP contribution in [-0.4, -0.2) is 9.13 Å². The molecule has 0 radical (unpaired) electrons. The van der Waals surface area contributed by atoms with Gasteiger partial charge < -0.3 is 9.13 Å². The number of nitrogens with zero attached hydrogens (tertiary/aromatic N) is 4. The summed E-state index contributed by atoms with van der Waals surface area (Å²) in [7, 11) is 0. The average molecular weight is 679 g/mol. The largest absolute Gasteiger partial charge is 0.416 e. The molecule has 0 bridgehead atoms. The zero-order valence-corrected chi connectivity index (χ0v) is 27.4. The minimum atomic E-state index is -4.60. The van der Waals surface area contributed by atoms with E-state index in [1.165, 1.54) is 16.8 Å². The maximum absolute atomic E-state index is 13.6. The second-order valence-electron chi connectivity index (χ2n) is 12.7. The third kappa shape index (κ3) is 4.83. The summed E-state index contributed by atoms with van der Waals surface area (Å²) in [5.41, 5.74) is 7.92. The number of hydrogen-bond donors (Lipinski definition) is 0. The minimum Gasteiger partial charge on any atom is -0.309 e. The molecule has 0 amide bonds. The number of fused-ring (bicyclic) bond motifs is 6. The molecular weight excluding hydrogens is 654 g/mol. The van der Waals surface area contributed by atoms with Crippen molar-refractivity contribution in [3.8, 4) is 45.8 Å². The molecule has 0 saturated carbocycles. The molecule has 4 nitrogen and oxygen atoms in total. The van der Waals surface area contributed by atoms with Crippen molar-refractivity contribution in [2.24, 2.45) is 0 Å². The Balaban J connectivity index is 1.19. The van der Waals surface area contributed by atoms with E-state index in [4.69, 9.17) is 0 Å². The Hall–Kier alpha value is -7.09. The van der Waals surface area contributed by atoms with Crippen molar-refractivity contribution in [3.05, 3.63) is 168 Å². The first kappa shape index (κ1) is 30.9. The van der Waals surface area contributed by atoms with Gasteiger partial charge in [0.05, 0.1) is 56.6 Å². The van der Waals surface area contributed by atoms with Crippen molar-refractivity contribution in [1.29, 1.82) is 10.5 Å². The summed E-state index contributed by atoms with van der Waals surface area (Å²) >= 11 is 0. The number of hydrogen-bond acceptors (Lipinski definition) is 2. The predicted octanol–water partition coefficient (Wildman–Crippen LogP) is 12.0. The average Bonchev–Trinajstić information content (AvgIpc) is 3.70. The smallest absolute Gasteiger partial charge is 0.309 e. The molecule has 0 spiro atoms. The predicted molar refractivity (Wildman–Crippen MR) is 200 cm³/mol. The van der Waals surface area contributed by atoms with Crippen molar-refractivity contribution in [2.75, 3.05) is 0 Å². The fraction of sp³-hybridized carbons (Fsp3) is 0.0222. The van der Waals surface area contributed by atoms with Crippen LogP contribution in [0.2, 0.25) is 0 Å². The van der Waals surface area contributed by atoms with Crippen molar-refractivity contribution in [2.45, 2.75) is 6.18 Å². The zero-order chi connectivity index (χ0) is 35.6.